The molecule has 4 rings (SSSR count). The Hall–Kier alpha value is -2.91. The number of esters is 1. The van der Waals surface area contributed by atoms with Crippen molar-refractivity contribution in [3.63, 3.8) is 0 Å². The number of thiophene rings is 1. The van der Waals surface area contributed by atoms with Crippen LogP contribution < -0.4 is 5.73 Å². The van der Waals surface area contributed by atoms with Gasteiger partial charge in [0.2, 0.25) is 5.91 Å². The highest BCUT2D eigenvalue weighted by atomic mass is 35.5. The number of nitrogens with zero attached hydrogens (tertiary/aromatic N) is 3. The predicted molar refractivity (Wildman–Crippen MR) is 117 cm³/mol. The van der Waals surface area contributed by atoms with Gasteiger partial charge >= 0.3 is 5.97 Å². The van der Waals surface area contributed by atoms with Gasteiger partial charge in [-0.05, 0) is 50.1 Å². The predicted octanol–water partition coefficient (Wildman–Crippen LogP) is 2.93. The molecule has 0 saturated carbocycles. The van der Waals surface area contributed by atoms with Gasteiger partial charge < -0.3 is 15.4 Å². The number of carbonyl (C=O) groups is 3. The third-order valence-electron chi connectivity index (χ3n) is 5.39. The van der Waals surface area contributed by atoms with E-state index >= 15 is 0 Å². The molecule has 31 heavy (non-hydrogen) atoms. The van der Waals surface area contributed by atoms with Crippen molar-refractivity contribution in [1.29, 1.82) is 0 Å². The third kappa shape index (κ3) is 4.42. The number of aromatic nitrogens is 2. The maximum absolute atomic E-state index is 12.6. The Kier molecular flexibility index (Phi) is 5.97. The topological polar surface area (TPSA) is 108 Å². The van der Waals surface area contributed by atoms with Crippen LogP contribution in [0.3, 0.4) is 0 Å². The summed E-state index contributed by atoms with van der Waals surface area (Å²) in [6.45, 7) is 2.40. The number of amides is 2. The molecule has 1 saturated heterocycles. The van der Waals surface area contributed by atoms with E-state index < -0.39 is 5.97 Å². The molecule has 0 unspecified atom stereocenters. The number of piperidine rings is 1. The number of carbonyl (C=O) groups excluding carboxylic acids is 3. The number of ether oxygens (including phenoxy) is 1. The third-order valence-corrected chi connectivity index (χ3v) is 6.74. The lowest BCUT2D eigenvalue weighted by Crippen LogP contribution is -2.43. The van der Waals surface area contributed by atoms with E-state index in [1.807, 2.05) is 19.1 Å². The molecular formula is C21H21ClN4O4S. The molecule has 0 atom stereocenters. The molecule has 1 fully saturated rings. The normalized spacial score (nSPS) is 14.7. The first-order valence-corrected chi connectivity index (χ1v) is 11.0. The standard InChI is InChI=1S/C21H21ClN4O4S/c1-12-16-10-17(31-20(16)26(24-12)15-4-2-14(22)3-5-15)21(29)30-11-18(27)25-8-6-13(7-9-25)19(23)28/h2-5,10,13H,6-9,11H2,1H3,(H2,23,28). The first-order valence-electron chi connectivity index (χ1n) is 9.83. The fraction of sp³-hybridized carbons (Fsp3) is 0.333. The van der Waals surface area contributed by atoms with Crippen molar-refractivity contribution in [3.05, 3.63) is 45.9 Å². The number of benzene rings is 1. The van der Waals surface area contributed by atoms with Gasteiger partial charge in [-0.1, -0.05) is 11.6 Å². The van der Waals surface area contributed by atoms with E-state index in [4.69, 9.17) is 22.1 Å². The van der Waals surface area contributed by atoms with Gasteiger partial charge in [-0.2, -0.15) is 5.10 Å². The molecule has 0 bridgehead atoms. The van der Waals surface area contributed by atoms with Crippen LogP contribution in [0.15, 0.2) is 30.3 Å². The minimum absolute atomic E-state index is 0.200. The molecule has 1 aliphatic rings. The minimum Gasteiger partial charge on any atom is -0.451 e. The number of aryl methyl sites for hydroxylation is 1. The highest BCUT2D eigenvalue weighted by molar-refractivity contribution is 7.20. The molecule has 2 amide bonds. The second kappa shape index (κ2) is 8.68. The lowest BCUT2D eigenvalue weighted by atomic mass is 9.96. The Morgan fingerprint density at radius 2 is 1.90 bits per heavy atom. The molecule has 0 aliphatic carbocycles. The summed E-state index contributed by atoms with van der Waals surface area (Å²) in [5, 5.41) is 6.02. The molecule has 0 radical (unpaired) electrons. The van der Waals surface area contributed by atoms with Crippen molar-refractivity contribution in [2.45, 2.75) is 19.8 Å². The van der Waals surface area contributed by atoms with E-state index in [9.17, 15) is 14.4 Å². The summed E-state index contributed by atoms with van der Waals surface area (Å²) >= 11 is 7.23. The molecule has 3 heterocycles. The SMILES string of the molecule is Cc1nn(-c2ccc(Cl)cc2)c2sc(C(=O)OCC(=O)N3CCC(C(N)=O)CC3)cc12. The van der Waals surface area contributed by atoms with Gasteiger partial charge in [0.05, 0.1) is 11.4 Å². The second-order valence-electron chi connectivity index (χ2n) is 7.44. The van der Waals surface area contributed by atoms with Crippen LogP contribution in [0.4, 0.5) is 0 Å². The lowest BCUT2D eigenvalue weighted by molar-refractivity contribution is -0.137. The van der Waals surface area contributed by atoms with Gasteiger partial charge in [0, 0.05) is 29.4 Å². The first-order chi connectivity index (χ1) is 14.8. The Morgan fingerprint density at radius 3 is 2.55 bits per heavy atom. The van der Waals surface area contributed by atoms with E-state index in [-0.39, 0.29) is 24.3 Å². The van der Waals surface area contributed by atoms with E-state index in [0.717, 1.165) is 21.6 Å². The number of primary amides is 1. The molecule has 0 spiro atoms. The van der Waals surface area contributed by atoms with Crippen LogP contribution in [0.25, 0.3) is 15.9 Å². The van der Waals surface area contributed by atoms with E-state index in [1.54, 1.807) is 27.8 Å². The monoisotopic (exact) mass is 460 g/mol. The summed E-state index contributed by atoms with van der Waals surface area (Å²) in [5.74, 6) is -1.37. The van der Waals surface area contributed by atoms with Gasteiger partial charge in [-0.15, -0.1) is 11.3 Å². The van der Waals surface area contributed by atoms with Crippen LogP contribution in [0, 0.1) is 12.8 Å². The zero-order valence-electron chi connectivity index (χ0n) is 16.8. The Balaban J connectivity index is 1.43. The second-order valence-corrected chi connectivity index (χ2v) is 8.90. The maximum Gasteiger partial charge on any atom is 0.348 e. The van der Waals surface area contributed by atoms with Crippen molar-refractivity contribution in [1.82, 2.24) is 14.7 Å². The fourth-order valence-electron chi connectivity index (χ4n) is 3.61. The molecular weight excluding hydrogens is 440 g/mol. The largest absolute Gasteiger partial charge is 0.451 e. The number of hydrogen-bond donors (Lipinski definition) is 1. The van der Waals surface area contributed by atoms with Crippen LogP contribution in [-0.2, 0) is 14.3 Å². The summed E-state index contributed by atoms with van der Waals surface area (Å²) in [6, 6.07) is 9.00. The molecule has 3 aromatic rings. The van der Waals surface area contributed by atoms with Crippen LogP contribution >= 0.6 is 22.9 Å². The smallest absolute Gasteiger partial charge is 0.348 e. The van der Waals surface area contributed by atoms with Crippen LogP contribution in [-0.4, -0.2) is 52.2 Å². The van der Waals surface area contributed by atoms with Crippen molar-refractivity contribution in [2.24, 2.45) is 11.7 Å². The summed E-state index contributed by atoms with van der Waals surface area (Å²) in [5.41, 5.74) is 6.93. The number of likely N-dealkylation sites (tertiary alicyclic amines) is 1. The van der Waals surface area contributed by atoms with Gasteiger partial charge in [0.25, 0.3) is 5.91 Å². The van der Waals surface area contributed by atoms with Crippen molar-refractivity contribution in [3.8, 4) is 5.69 Å². The summed E-state index contributed by atoms with van der Waals surface area (Å²) in [4.78, 5) is 39.0. The highest BCUT2D eigenvalue weighted by Gasteiger charge is 2.27. The summed E-state index contributed by atoms with van der Waals surface area (Å²) < 4.78 is 7.02. The highest BCUT2D eigenvalue weighted by Crippen LogP contribution is 2.31. The molecule has 1 aliphatic heterocycles. The molecule has 2 N–H and O–H groups in total. The average molecular weight is 461 g/mol. The fourth-order valence-corrected chi connectivity index (χ4v) is 4.81. The molecule has 1 aromatic carbocycles. The number of fused-ring (bicyclic) bond motifs is 1. The molecule has 2 aromatic heterocycles. The van der Waals surface area contributed by atoms with Gasteiger partial charge in [0.15, 0.2) is 6.61 Å². The summed E-state index contributed by atoms with van der Waals surface area (Å²) in [6.07, 6.45) is 1.07. The number of halogens is 1. The van der Waals surface area contributed by atoms with E-state index in [1.165, 1.54) is 11.3 Å². The maximum atomic E-state index is 12.6. The van der Waals surface area contributed by atoms with Crippen LogP contribution in [0.1, 0.15) is 28.2 Å². The Bertz CT molecular complexity index is 1150. The van der Waals surface area contributed by atoms with E-state index in [2.05, 4.69) is 5.10 Å². The van der Waals surface area contributed by atoms with Gasteiger partial charge in [-0.25, -0.2) is 9.48 Å². The molecule has 162 valence electrons. The number of nitrogens with two attached hydrogens (primary N) is 1. The Morgan fingerprint density at radius 1 is 1.23 bits per heavy atom. The van der Waals surface area contributed by atoms with Gasteiger partial charge in [-0.3, -0.25) is 9.59 Å². The summed E-state index contributed by atoms with van der Waals surface area (Å²) in [7, 11) is 0. The quantitative estimate of drug-likeness (QED) is 0.589. The first kappa shape index (κ1) is 21.3. The number of rotatable bonds is 5. The molecule has 8 nitrogen and oxygen atoms in total. The zero-order valence-corrected chi connectivity index (χ0v) is 18.4. The Labute approximate surface area is 187 Å². The van der Waals surface area contributed by atoms with Crippen LogP contribution in [0.5, 0.6) is 0 Å². The minimum atomic E-state index is -0.552. The zero-order chi connectivity index (χ0) is 22.1. The van der Waals surface area contributed by atoms with Crippen molar-refractivity contribution < 1.29 is 19.1 Å². The van der Waals surface area contributed by atoms with Crippen LogP contribution in [0.2, 0.25) is 5.02 Å². The number of hydrogen-bond acceptors (Lipinski definition) is 6. The van der Waals surface area contributed by atoms with Gasteiger partial charge in [0.1, 0.15) is 9.71 Å². The average Bonchev–Trinajstić information content (AvgIpc) is 3.33. The van der Waals surface area contributed by atoms with Crippen molar-refractivity contribution >= 4 is 50.9 Å². The van der Waals surface area contributed by atoms with E-state index in [0.29, 0.717) is 35.8 Å². The van der Waals surface area contributed by atoms with Crippen molar-refractivity contribution in [2.75, 3.05) is 19.7 Å². The lowest BCUT2D eigenvalue weighted by Gasteiger charge is -2.30. The molecule has 10 heteroatoms.